The van der Waals surface area contributed by atoms with Gasteiger partial charge in [0.25, 0.3) is 0 Å². The Balaban J connectivity index is 4.03. The number of rotatable bonds is 27. The molecule has 0 heterocycles. The van der Waals surface area contributed by atoms with E-state index in [2.05, 4.69) is 34.9 Å². The molecule has 0 aliphatic rings. The molecule has 0 saturated carbocycles. The lowest BCUT2D eigenvalue weighted by molar-refractivity contribution is -0.142. The normalized spacial score (nSPS) is 12.7. The summed E-state index contributed by atoms with van der Waals surface area (Å²) in [6.45, 7) is 2.05. The zero-order valence-corrected chi connectivity index (χ0v) is 25.8. The average Bonchev–Trinajstić information content (AvgIpc) is 2.87. The maximum absolute atomic E-state index is 12.1. The highest BCUT2D eigenvalue weighted by atomic mass is 33.1. The number of carboxylic acids is 2. The predicted molar refractivity (Wildman–Crippen MR) is 161 cm³/mol. The van der Waals surface area contributed by atoms with Crippen LogP contribution in [-0.4, -0.2) is 96.7 Å². The Labute approximate surface area is 243 Å². The Morgan fingerprint density at radius 2 is 1.08 bits per heavy atom. The molecule has 0 bridgehead atoms. The van der Waals surface area contributed by atoms with Gasteiger partial charge in [-0.1, -0.05) is 60.1 Å². The largest absolute Gasteiger partial charge is 0.480 e. The minimum Gasteiger partial charge on any atom is -0.480 e. The van der Waals surface area contributed by atoms with Crippen LogP contribution in [0.5, 0.6) is 0 Å². The third kappa shape index (κ3) is 24.1. The molecule has 12 heteroatoms. The summed E-state index contributed by atoms with van der Waals surface area (Å²) in [5.41, 5.74) is 0. The van der Waals surface area contributed by atoms with Gasteiger partial charge in [0.1, 0.15) is 12.1 Å². The molecular weight excluding hydrogens is 540 g/mol. The van der Waals surface area contributed by atoms with Gasteiger partial charge in [0, 0.05) is 24.3 Å². The first-order valence-electron chi connectivity index (χ1n) is 14.3. The van der Waals surface area contributed by atoms with Crippen molar-refractivity contribution in [2.75, 3.05) is 45.7 Å². The molecule has 0 fully saturated rings. The van der Waals surface area contributed by atoms with Gasteiger partial charge in [0.2, 0.25) is 11.8 Å². The summed E-state index contributed by atoms with van der Waals surface area (Å²) in [6.07, 6.45) is 11.3. The van der Waals surface area contributed by atoms with Crippen LogP contribution >= 0.6 is 21.6 Å². The number of unbranched alkanes of at least 4 members (excludes halogenated alkanes) is 8. The number of hydrogen-bond donors (Lipinski definition) is 5. The lowest BCUT2D eigenvalue weighted by atomic mass is 10.1. The third-order valence-electron chi connectivity index (χ3n) is 6.17. The van der Waals surface area contributed by atoms with E-state index in [0.717, 1.165) is 77.3 Å². The van der Waals surface area contributed by atoms with Crippen LogP contribution in [0.3, 0.4) is 0 Å². The summed E-state index contributed by atoms with van der Waals surface area (Å²) in [5.74, 6) is -1.56. The lowest BCUT2D eigenvalue weighted by Crippen LogP contribution is -2.41. The van der Waals surface area contributed by atoms with Gasteiger partial charge in [-0.3, -0.25) is 9.59 Å². The summed E-state index contributed by atoms with van der Waals surface area (Å²) >= 11 is 0. The molecule has 0 radical (unpaired) electrons. The van der Waals surface area contributed by atoms with E-state index in [1.807, 2.05) is 7.05 Å². The molecule has 0 aliphatic heterocycles. The zero-order chi connectivity index (χ0) is 29.3. The SMILES string of the molecule is CNCCCCCCCC(=O)NC(CCSSCCC(NC(=O)CCCCCCCN(C)C)C(=O)O)C(=O)O. The Morgan fingerprint density at radius 3 is 1.49 bits per heavy atom. The maximum atomic E-state index is 12.1. The summed E-state index contributed by atoms with van der Waals surface area (Å²) in [4.78, 5) is 49.5. The van der Waals surface area contributed by atoms with Crippen LogP contribution in [0.2, 0.25) is 0 Å². The zero-order valence-electron chi connectivity index (χ0n) is 24.2. The number of carboxylic acid groups (broad SMARTS) is 2. The number of carbonyl (C=O) groups excluding carboxylic acids is 2. The van der Waals surface area contributed by atoms with Crippen molar-refractivity contribution in [3.05, 3.63) is 0 Å². The number of aliphatic carboxylic acids is 2. The summed E-state index contributed by atoms with van der Waals surface area (Å²) in [6, 6.07) is -1.86. The van der Waals surface area contributed by atoms with Crippen LogP contribution in [0.25, 0.3) is 0 Å². The van der Waals surface area contributed by atoms with E-state index in [1.54, 1.807) is 0 Å². The fourth-order valence-corrected chi connectivity index (χ4v) is 6.04. The first kappa shape index (κ1) is 37.5. The Kier molecular flexibility index (Phi) is 24.5. The van der Waals surface area contributed by atoms with Crippen molar-refractivity contribution in [3.8, 4) is 0 Å². The van der Waals surface area contributed by atoms with Crippen LogP contribution in [0.15, 0.2) is 0 Å². The number of amides is 2. The first-order valence-corrected chi connectivity index (χ1v) is 16.7. The third-order valence-corrected chi connectivity index (χ3v) is 8.64. The van der Waals surface area contributed by atoms with Crippen molar-refractivity contribution in [2.45, 2.75) is 102 Å². The summed E-state index contributed by atoms with van der Waals surface area (Å²) in [7, 11) is 8.91. The molecule has 10 nitrogen and oxygen atoms in total. The topological polar surface area (TPSA) is 148 Å². The maximum Gasteiger partial charge on any atom is 0.326 e. The molecule has 2 amide bonds. The minimum atomic E-state index is -1.05. The molecule has 0 rings (SSSR count). The first-order chi connectivity index (χ1) is 18.7. The lowest BCUT2D eigenvalue weighted by Gasteiger charge is -2.15. The fourth-order valence-electron chi connectivity index (χ4n) is 3.86. The molecule has 0 aromatic heterocycles. The molecule has 0 spiro atoms. The van der Waals surface area contributed by atoms with Crippen molar-refractivity contribution in [1.82, 2.24) is 20.9 Å². The van der Waals surface area contributed by atoms with Crippen LogP contribution in [0.4, 0.5) is 0 Å². The quantitative estimate of drug-likeness (QED) is 0.0705. The highest BCUT2D eigenvalue weighted by Gasteiger charge is 2.21. The molecule has 2 unspecified atom stereocenters. The number of hydrogen-bond acceptors (Lipinski definition) is 8. The standard InChI is InChI=1S/C27H52N4O6S2/c1-28-18-12-8-4-6-10-14-24(32)29-22(26(34)35)16-20-38-39-21-17-23(27(36)37)30-25(33)15-11-7-5-9-13-19-31(2)3/h22-23,28H,4-21H2,1-3H3,(H,29,32)(H,30,33)(H,34,35)(H,36,37). The molecule has 5 N–H and O–H groups in total. The van der Waals surface area contributed by atoms with Gasteiger partial charge in [0.15, 0.2) is 0 Å². The van der Waals surface area contributed by atoms with E-state index in [-0.39, 0.29) is 24.7 Å². The highest BCUT2D eigenvalue weighted by Crippen LogP contribution is 2.24. The number of carbonyl (C=O) groups is 4. The summed E-state index contributed by atoms with van der Waals surface area (Å²) in [5, 5.41) is 27.2. The van der Waals surface area contributed by atoms with Gasteiger partial charge in [-0.2, -0.15) is 0 Å². The second-order valence-corrected chi connectivity index (χ2v) is 12.8. The van der Waals surface area contributed by atoms with E-state index >= 15 is 0 Å². The van der Waals surface area contributed by atoms with Crippen molar-refractivity contribution in [1.29, 1.82) is 0 Å². The van der Waals surface area contributed by atoms with Gasteiger partial charge < -0.3 is 31.1 Å². The molecular formula is C27H52N4O6S2. The van der Waals surface area contributed by atoms with Crippen LogP contribution in [-0.2, 0) is 19.2 Å². The molecule has 2 atom stereocenters. The summed E-state index contributed by atoms with van der Waals surface area (Å²) < 4.78 is 0. The molecule has 0 aliphatic carbocycles. The van der Waals surface area contributed by atoms with E-state index < -0.39 is 24.0 Å². The predicted octanol–water partition coefficient (Wildman–Crippen LogP) is 3.75. The van der Waals surface area contributed by atoms with Crippen LogP contribution in [0.1, 0.15) is 89.9 Å². The van der Waals surface area contributed by atoms with Gasteiger partial charge in [-0.25, -0.2) is 9.59 Å². The van der Waals surface area contributed by atoms with E-state index in [1.165, 1.54) is 21.6 Å². The van der Waals surface area contributed by atoms with Gasteiger partial charge in [-0.15, -0.1) is 0 Å². The molecule has 228 valence electrons. The van der Waals surface area contributed by atoms with Crippen molar-refractivity contribution in [3.63, 3.8) is 0 Å². The van der Waals surface area contributed by atoms with Crippen LogP contribution < -0.4 is 16.0 Å². The second kappa shape index (κ2) is 25.5. The Hall–Kier alpha value is -1.50. The van der Waals surface area contributed by atoms with Crippen LogP contribution in [0, 0.1) is 0 Å². The monoisotopic (exact) mass is 592 g/mol. The van der Waals surface area contributed by atoms with Crippen molar-refractivity contribution >= 4 is 45.3 Å². The molecule has 0 saturated heterocycles. The molecule has 0 aromatic rings. The van der Waals surface area contributed by atoms with E-state index in [4.69, 9.17) is 0 Å². The van der Waals surface area contributed by atoms with Gasteiger partial charge >= 0.3 is 11.9 Å². The van der Waals surface area contributed by atoms with Gasteiger partial charge in [0.05, 0.1) is 0 Å². The molecule has 0 aromatic carbocycles. The average molecular weight is 593 g/mol. The van der Waals surface area contributed by atoms with Gasteiger partial charge in [-0.05, 0) is 72.8 Å². The van der Waals surface area contributed by atoms with Crippen molar-refractivity contribution < 1.29 is 29.4 Å². The number of nitrogens with zero attached hydrogens (tertiary/aromatic N) is 1. The molecule has 39 heavy (non-hydrogen) atoms. The highest BCUT2D eigenvalue weighted by molar-refractivity contribution is 8.76. The Morgan fingerprint density at radius 1 is 0.667 bits per heavy atom. The van der Waals surface area contributed by atoms with E-state index in [0.29, 0.717) is 24.3 Å². The smallest absolute Gasteiger partial charge is 0.326 e. The van der Waals surface area contributed by atoms with E-state index in [9.17, 15) is 29.4 Å². The number of nitrogens with one attached hydrogen (secondary N) is 3. The Bertz CT molecular complexity index is 685. The minimum absolute atomic E-state index is 0.234. The van der Waals surface area contributed by atoms with Crippen molar-refractivity contribution in [2.24, 2.45) is 0 Å². The fraction of sp³-hybridized carbons (Fsp3) is 0.852. The second-order valence-electron chi connectivity index (χ2n) is 10.1.